The van der Waals surface area contributed by atoms with Crippen molar-refractivity contribution in [3.8, 4) is 0 Å². The number of carbonyl (C=O) groups is 1. The number of rotatable bonds is 3. The van der Waals surface area contributed by atoms with Gasteiger partial charge in [0.25, 0.3) is 0 Å². The fourth-order valence-corrected chi connectivity index (χ4v) is 4.73. The summed E-state index contributed by atoms with van der Waals surface area (Å²) in [5, 5.41) is 6.40. The highest BCUT2D eigenvalue weighted by atomic mass is 32.1. The molecule has 0 unspecified atom stereocenters. The predicted molar refractivity (Wildman–Crippen MR) is 117 cm³/mol. The van der Waals surface area contributed by atoms with Crippen LogP contribution in [0.4, 0.5) is 0 Å². The van der Waals surface area contributed by atoms with Crippen LogP contribution in [0.2, 0.25) is 0 Å². The van der Waals surface area contributed by atoms with Crippen molar-refractivity contribution in [1.82, 2.24) is 24.4 Å². The molecule has 7 heteroatoms. The molecule has 2 atom stereocenters. The van der Waals surface area contributed by atoms with Gasteiger partial charge < -0.3 is 9.88 Å². The molecule has 2 aromatic heterocycles. The number of amides is 1. The Morgan fingerprint density at radius 3 is 2.86 bits per heavy atom. The van der Waals surface area contributed by atoms with E-state index >= 15 is 0 Å². The number of H-pyrrole nitrogens is 1. The number of nitrogens with zero attached hydrogens (tertiary/aromatic N) is 4. The number of aromatic nitrogens is 3. The predicted octanol–water partition coefficient (Wildman–Crippen LogP) is 3.24. The van der Waals surface area contributed by atoms with Gasteiger partial charge in [0.15, 0.2) is 0 Å². The number of likely N-dealkylation sites (N-methyl/N-ethyl adjacent to an activating group) is 1. The van der Waals surface area contributed by atoms with Crippen molar-refractivity contribution in [3.63, 3.8) is 0 Å². The number of nitrogens with one attached hydrogen (secondary N) is 1. The SMILES string of the molecule is CCN(CC)C(=O)[C@@H]1C=C2c3cccc4[nH]cc(c34)C[C@H]2N(C)C1.[c]1csnn1. The van der Waals surface area contributed by atoms with Crippen LogP contribution in [0.15, 0.2) is 35.9 Å². The van der Waals surface area contributed by atoms with Crippen LogP contribution in [0.5, 0.6) is 0 Å². The van der Waals surface area contributed by atoms with Gasteiger partial charge in [0.2, 0.25) is 5.91 Å². The zero-order valence-electron chi connectivity index (χ0n) is 17.1. The van der Waals surface area contributed by atoms with Gasteiger partial charge in [-0.1, -0.05) is 22.7 Å². The van der Waals surface area contributed by atoms with E-state index in [4.69, 9.17) is 0 Å². The van der Waals surface area contributed by atoms with Crippen LogP contribution in [0.25, 0.3) is 16.5 Å². The molecule has 1 aliphatic carbocycles. The van der Waals surface area contributed by atoms with E-state index in [1.165, 1.54) is 39.1 Å². The molecule has 0 saturated heterocycles. The van der Waals surface area contributed by atoms with Crippen molar-refractivity contribution in [2.75, 3.05) is 26.7 Å². The van der Waals surface area contributed by atoms with Gasteiger partial charge in [-0.25, -0.2) is 0 Å². The summed E-state index contributed by atoms with van der Waals surface area (Å²) in [6, 6.07) is 6.82. The van der Waals surface area contributed by atoms with Crippen LogP contribution >= 0.6 is 11.5 Å². The smallest absolute Gasteiger partial charge is 0.230 e. The molecule has 1 N–H and O–H groups in total. The van der Waals surface area contributed by atoms with Gasteiger partial charge in [-0.15, -0.1) is 5.10 Å². The summed E-state index contributed by atoms with van der Waals surface area (Å²) >= 11 is 1.30. The number of benzene rings is 1. The van der Waals surface area contributed by atoms with Crippen molar-refractivity contribution < 1.29 is 4.79 Å². The molecule has 0 spiro atoms. The largest absolute Gasteiger partial charge is 0.361 e. The Morgan fingerprint density at radius 1 is 1.38 bits per heavy atom. The number of fused-ring (bicyclic) bond motifs is 2. The van der Waals surface area contributed by atoms with E-state index in [0.29, 0.717) is 6.04 Å². The monoisotopic (exact) mass is 408 g/mol. The fraction of sp³-hybridized carbons (Fsp3) is 0.409. The lowest BCUT2D eigenvalue weighted by Crippen LogP contribution is -2.47. The summed E-state index contributed by atoms with van der Waals surface area (Å²) in [4.78, 5) is 20.6. The second-order valence-corrected chi connectivity index (χ2v) is 8.08. The van der Waals surface area contributed by atoms with Gasteiger partial charge in [-0.05, 0) is 61.6 Å². The van der Waals surface area contributed by atoms with Gasteiger partial charge >= 0.3 is 0 Å². The third kappa shape index (κ3) is 3.72. The van der Waals surface area contributed by atoms with Crippen molar-refractivity contribution in [2.45, 2.75) is 26.3 Å². The Kier molecular flexibility index (Phi) is 5.78. The van der Waals surface area contributed by atoms with Crippen molar-refractivity contribution >= 4 is 33.9 Å². The molecule has 6 nitrogen and oxygen atoms in total. The lowest BCUT2D eigenvalue weighted by molar-refractivity contribution is -0.134. The summed E-state index contributed by atoms with van der Waals surface area (Å²) < 4.78 is 3.46. The third-order valence-corrected chi connectivity index (χ3v) is 6.30. The first kappa shape index (κ1) is 19.8. The van der Waals surface area contributed by atoms with Crippen molar-refractivity contribution in [3.05, 3.63) is 53.2 Å². The maximum Gasteiger partial charge on any atom is 0.230 e. The first-order valence-electron chi connectivity index (χ1n) is 10.1. The van der Waals surface area contributed by atoms with Crippen molar-refractivity contribution in [1.29, 1.82) is 0 Å². The van der Waals surface area contributed by atoms with Crippen molar-refractivity contribution in [2.24, 2.45) is 5.92 Å². The lowest BCUT2D eigenvalue weighted by atomic mass is 9.79. The summed E-state index contributed by atoms with van der Waals surface area (Å²) in [5.41, 5.74) is 5.21. The number of hydrogen-bond acceptors (Lipinski definition) is 5. The van der Waals surface area contributed by atoms with Gasteiger partial charge in [0.05, 0.1) is 5.92 Å². The normalized spacial score (nSPS) is 20.4. The van der Waals surface area contributed by atoms with E-state index in [-0.39, 0.29) is 11.8 Å². The highest BCUT2D eigenvalue weighted by Gasteiger charge is 2.36. The molecule has 1 aliphatic heterocycles. The Bertz CT molecular complexity index is 988. The molecule has 1 aromatic carbocycles. The molecule has 5 rings (SSSR count). The highest BCUT2D eigenvalue weighted by Crippen LogP contribution is 2.40. The second-order valence-electron chi connectivity index (χ2n) is 7.47. The van der Waals surface area contributed by atoms with Crippen LogP contribution in [0, 0.1) is 12.1 Å². The van der Waals surface area contributed by atoms with E-state index in [2.05, 4.69) is 77.0 Å². The van der Waals surface area contributed by atoms with Gasteiger partial charge in [0, 0.05) is 48.2 Å². The Balaban J connectivity index is 0.000000359. The zero-order valence-corrected chi connectivity index (χ0v) is 17.9. The average molecular weight is 409 g/mol. The molecule has 1 radical (unpaired) electrons. The van der Waals surface area contributed by atoms with E-state index in [1.54, 1.807) is 5.38 Å². The Labute approximate surface area is 175 Å². The minimum absolute atomic E-state index is 0.0445. The summed E-state index contributed by atoms with van der Waals surface area (Å²) in [6.45, 7) is 6.47. The standard InChI is InChI=1S/C20H25N3O.C2HN2S/c1-4-23(5-2)20(24)14-9-16-15-7-6-8-17-19(15)13(11-21-17)10-18(16)22(3)12-14;1-2-5-4-3-1/h6-9,11,14,18,21H,4-5,10,12H2,1-3H3;2H/t14-,18-;/m1./s1. The fourth-order valence-electron chi connectivity index (χ4n) is 4.49. The topological polar surface area (TPSA) is 65.1 Å². The second kappa shape index (κ2) is 8.47. The van der Waals surface area contributed by atoms with E-state index in [1.807, 2.05) is 4.90 Å². The third-order valence-electron chi connectivity index (χ3n) is 5.91. The van der Waals surface area contributed by atoms with Crippen LogP contribution < -0.4 is 0 Å². The highest BCUT2D eigenvalue weighted by molar-refractivity contribution is 7.03. The van der Waals surface area contributed by atoms with Crippen LogP contribution in [0.1, 0.15) is 25.0 Å². The quantitative estimate of drug-likeness (QED) is 0.723. The van der Waals surface area contributed by atoms with E-state index in [9.17, 15) is 4.79 Å². The molecule has 3 aromatic rings. The van der Waals surface area contributed by atoms with Gasteiger partial charge in [0.1, 0.15) is 6.20 Å². The minimum atomic E-state index is -0.0445. The summed E-state index contributed by atoms with van der Waals surface area (Å²) in [5.74, 6) is 0.210. The number of aromatic amines is 1. The first-order chi connectivity index (χ1) is 14.1. The Hall–Kier alpha value is -2.51. The molecular weight excluding hydrogens is 382 g/mol. The molecule has 0 bridgehead atoms. The molecule has 0 saturated carbocycles. The first-order valence-corrected chi connectivity index (χ1v) is 10.9. The lowest BCUT2D eigenvalue weighted by Gasteiger charge is -2.40. The molecule has 29 heavy (non-hydrogen) atoms. The molecule has 2 aliphatic rings. The van der Waals surface area contributed by atoms with E-state index in [0.717, 1.165) is 26.1 Å². The molecule has 0 fully saturated rings. The molecular formula is C22H26N5OS. The van der Waals surface area contributed by atoms with E-state index < -0.39 is 0 Å². The summed E-state index contributed by atoms with van der Waals surface area (Å²) in [6.07, 6.45) is 7.93. The molecule has 151 valence electrons. The molecule has 3 heterocycles. The Morgan fingerprint density at radius 2 is 2.21 bits per heavy atom. The average Bonchev–Trinajstić information content (AvgIpc) is 3.44. The maximum atomic E-state index is 12.9. The van der Waals surface area contributed by atoms with Gasteiger partial charge in [-0.3, -0.25) is 9.69 Å². The zero-order chi connectivity index (χ0) is 20.4. The maximum absolute atomic E-state index is 12.9. The van der Waals surface area contributed by atoms with Gasteiger partial charge in [-0.2, -0.15) is 0 Å². The number of carbonyl (C=O) groups excluding carboxylic acids is 1. The summed E-state index contributed by atoms with van der Waals surface area (Å²) in [7, 11) is 2.15. The van der Waals surface area contributed by atoms with Crippen LogP contribution in [-0.2, 0) is 11.2 Å². The number of hydrogen-bond donors (Lipinski definition) is 1. The molecule has 1 amide bonds. The van der Waals surface area contributed by atoms with Crippen LogP contribution in [0.3, 0.4) is 0 Å². The van der Waals surface area contributed by atoms with Crippen LogP contribution in [-0.4, -0.2) is 63.0 Å². The minimum Gasteiger partial charge on any atom is -0.361 e.